The van der Waals surface area contributed by atoms with E-state index in [1.54, 1.807) is 0 Å². The predicted octanol–water partition coefficient (Wildman–Crippen LogP) is 2.07. The third-order valence-corrected chi connectivity index (χ3v) is 1.36. The highest BCUT2D eigenvalue weighted by atomic mass is 35.5. The second kappa shape index (κ2) is 4.43. The van der Waals surface area contributed by atoms with Crippen molar-refractivity contribution in [3.8, 4) is 0 Å². The predicted molar refractivity (Wildman–Crippen MR) is 44.5 cm³/mol. The molecule has 0 aromatic carbocycles. The van der Waals surface area contributed by atoms with Crippen molar-refractivity contribution in [3.05, 3.63) is 30.1 Å². The highest BCUT2D eigenvalue weighted by Crippen LogP contribution is 2.28. The van der Waals surface area contributed by atoms with Gasteiger partial charge in [0.15, 0.2) is 0 Å². The van der Waals surface area contributed by atoms with Gasteiger partial charge in [-0.05, 0) is 12.1 Å². The number of hydrogen-bond donors (Lipinski definition) is 1. The van der Waals surface area contributed by atoms with Gasteiger partial charge in [0.25, 0.3) is 0 Å². The summed E-state index contributed by atoms with van der Waals surface area (Å²) in [7, 11) is 0. The van der Waals surface area contributed by atoms with Crippen LogP contribution in [-0.4, -0.2) is 11.2 Å². The van der Waals surface area contributed by atoms with E-state index in [9.17, 15) is 13.2 Å². The Labute approximate surface area is 79.4 Å². The molecule has 1 aromatic heterocycles. The lowest BCUT2D eigenvalue weighted by atomic mass is 10.2. The lowest BCUT2D eigenvalue weighted by Crippen LogP contribution is -2.29. The van der Waals surface area contributed by atoms with Crippen LogP contribution in [0, 0.1) is 0 Å². The quantitative estimate of drug-likeness (QED) is 0.774. The van der Waals surface area contributed by atoms with Gasteiger partial charge in [0, 0.05) is 6.20 Å². The van der Waals surface area contributed by atoms with Crippen LogP contribution in [0.1, 0.15) is 11.7 Å². The van der Waals surface area contributed by atoms with E-state index in [-0.39, 0.29) is 18.1 Å². The fourth-order valence-corrected chi connectivity index (χ4v) is 0.728. The van der Waals surface area contributed by atoms with Gasteiger partial charge in [-0.2, -0.15) is 13.2 Å². The summed E-state index contributed by atoms with van der Waals surface area (Å²) in [5.74, 6) is 0. The van der Waals surface area contributed by atoms with E-state index >= 15 is 0 Å². The molecule has 1 aromatic rings. The third-order valence-electron chi connectivity index (χ3n) is 1.36. The van der Waals surface area contributed by atoms with Gasteiger partial charge in [-0.3, -0.25) is 4.98 Å². The molecule has 0 bridgehead atoms. The van der Waals surface area contributed by atoms with Crippen LogP contribution < -0.4 is 5.73 Å². The molecular weight excluding hydrogens is 205 g/mol. The molecule has 13 heavy (non-hydrogen) atoms. The average Bonchev–Trinajstić information content (AvgIpc) is 2.03. The maximum atomic E-state index is 12.0. The lowest BCUT2D eigenvalue weighted by Gasteiger charge is -2.13. The molecule has 0 aliphatic carbocycles. The van der Waals surface area contributed by atoms with Gasteiger partial charge in [-0.1, -0.05) is 6.07 Å². The molecular formula is C7H8ClF3N2. The standard InChI is InChI=1S/C7H7F3N2.ClH/c8-7(9,10)6(11)5-3-1-2-4-12-5;/h1-4,6H,11H2;1H/t6-;/m0./s1. The van der Waals surface area contributed by atoms with E-state index in [2.05, 4.69) is 4.98 Å². The molecule has 2 N–H and O–H groups in total. The second-order valence-electron chi connectivity index (χ2n) is 2.27. The molecule has 74 valence electrons. The van der Waals surface area contributed by atoms with E-state index in [4.69, 9.17) is 5.73 Å². The number of hydrogen-bond acceptors (Lipinski definition) is 2. The van der Waals surface area contributed by atoms with Crippen molar-refractivity contribution in [1.29, 1.82) is 0 Å². The van der Waals surface area contributed by atoms with Crippen molar-refractivity contribution < 1.29 is 13.2 Å². The number of rotatable bonds is 1. The molecule has 0 aliphatic heterocycles. The Morgan fingerprint density at radius 2 is 1.92 bits per heavy atom. The molecule has 0 spiro atoms. The van der Waals surface area contributed by atoms with Gasteiger partial charge in [0.2, 0.25) is 0 Å². The van der Waals surface area contributed by atoms with E-state index in [1.165, 1.54) is 24.4 Å². The zero-order valence-corrected chi connectivity index (χ0v) is 7.27. The number of nitrogens with zero attached hydrogens (tertiary/aromatic N) is 1. The lowest BCUT2D eigenvalue weighted by molar-refractivity contribution is -0.150. The minimum Gasteiger partial charge on any atom is -0.315 e. The fraction of sp³-hybridized carbons (Fsp3) is 0.286. The summed E-state index contributed by atoms with van der Waals surface area (Å²) < 4.78 is 35.9. The molecule has 1 heterocycles. The zero-order chi connectivity index (χ0) is 9.19. The van der Waals surface area contributed by atoms with Crippen LogP contribution in [-0.2, 0) is 0 Å². The highest BCUT2D eigenvalue weighted by molar-refractivity contribution is 5.85. The van der Waals surface area contributed by atoms with Gasteiger partial charge in [0.1, 0.15) is 6.04 Å². The first kappa shape index (κ1) is 12.2. The van der Waals surface area contributed by atoms with Gasteiger partial charge >= 0.3 is 6.18 Å². The molecule has 6 heteroatoms. The summed E-state index contributed by atoms with van der Waals surface area (Å²) in [6.45, 7) is 0. The van der Waals surface area contributed by atoms with Crippen molar-refractivity contribution >= 4 is 12.4 Å². The number of aromatic nitrogens is 1. The van der Waals surface area contributed by atoms with Gasteiger partial charge in [-0.25, -0.2) is 0 Å². The van der Waals surface area contributed by atoms with Crippen LogP contribution in [0.25, 0.3) is 0 Å². The Morgan fingerprint density at radius 3 is 2.31 bits per heavy atom. The van der Waals surface area contributed by atoms with Crippen LogP contribution in [0.4, 0.5) is 13.2 Å². The normalized spacial score (nSPS) is 13.2. The van der Waals surface area contributed by atoms with Gasteiger partial charge < -0.3 is 5.73 Å². The van der Waals surface area contributed by atoms with Crippen molar-refractivity contribution in [3.63, 3.8) is 0 Å². The molecule has 1 atom stereocenters. The van der Waals surface area contributed by atoms with E-state index in [0.717, 1.165) is 0 Å². The summed E-state index contributed by atoms with van der Waals surface area (Å²) in [6.07, 6.45) is -3.14. The zero-order valence-electron chi connectivity index (χ0n) is 6.45. The summed E-state index contributed by atoms with van der Waals surface area (Å²) in [5, 5.41) is 0. The largest absolute Gasteiger partial charge is 0.409 e. The van der Waals surface area contributed by atoms with Crippen molar-refractivity contribution in [2.45, 2.75) is 12.2 Å². The van der Waals surface area contributed by atoms with Crippen LogP contribution in [0.5, 0.6) is 0 Å². The number of halogens is 4. The number of pyridine rings is 1. The Balaban J connectivity index is 0.00000144. The summed E-state index contributed by atoms with van der Waals surface area (Å²) >= 11 is 0. The maximum absolute atomic E-state index is 12.0. The van der Waals surface area contributed by atoms with Crippen LogP contribution in [0.15, 0.2) is 24.4 Å². The molecule has 0 saturated heterocycles. The number of alkyl halides is 3. The summed E-state index contributed by atoms with van der Waals surface area (Å²) in [4.78, 5) is 3.50. The first-order valence-electron chi connectivity index (χ1n) is 3.25. The molecule has 0 fully saturated rings. The van der Waals surface area contributed by atoms with E-state index in [1.807, 2.05) is 0 Å². The molecule has 0 radical (unpaired) electrons. The minimum atomic E-state index is -4.42. The summed E-state index contributed by atoms with van der Waals surface area (Å²) in [6, 6.07) is 2.26. The Bertz CT molecular complexity index is 250. The average molecular weight is 213 g/mol. The van der Waals surface area contributed by atoms with Crippen molar-refractivity contribution in [2.75, 3.05) is 0 Å². The van der Waals surface area contributed by atoms with E-state index in [0.29, 0.717) is 0 Å². The highest BCUT2D eigenvalue weighted by Gasteiger charge is 2.38. The first-order valence-corrected chi connectivity index (χ1v) is 3.25. The van der Waals surface area contributed by atoms with Crippen LogP contribution in [0.3, 0.4) is 0 Å². The molecule has 1 rings (SSSR count). The molecule has 0 unspecified atom stereocenters. The monoisotopic (exact) mass is 212 g/mol. The fourth-order valence-electron chi connectivity index (χ4n) is 0.728. The molecule has 0 amide bonds. The summed E-state index contributed by atoms with van der Waals surface area (Å²) in [5.41, 5.74) is 4.72. The van der Waals surface area contributed by atoms with Crippen molar-refractivity contribution in [1.82, 2.24) is 4.98 Å². The first-order chi connectivity index (χ1) is 5.52. The van der Waals surface area contributed by atoms with Crippen molar-refractivity contribution in [2.24, 2.45) is 5.73 Å². The smallest absolute Gasteiger partial charge is 0.315 e. The van der Waals surface area contributed by atoms with Gasteiger partial charge in [-0.15, -0.1) is 12.4 Å². The Kier molecular flexibility index (Phi) is 4.16. The molecule has 0 saturated carbocycles. The maximum Gasteiger partial charge on any atom is 0.409 e. The molecule has 0 aliphatic rings. The van der Waals surface area contributed by atoms with E-state index < -0.39 is 12.2 Å². The Morgan fingerprint density at radius 1 is 1.31 bits per heavy atom. The van der Waals surface area contributed by atoms with Crippen LogP contribution >= 0.6 is 12.4 Å². The Hall–Kier alpha value is -0.810. The molecule has 2 nitrogen and oxygen atoms in total. The second-order valence-corrected chi connectivity index (χ2v) is 2.27. The number of nitrogens with two attached hydrogens (primary N) is 1. The van der Waals surface area contributed by atoms with Gasteiger partial charge in [0.05, 0.1) is 5.69 Å². The minimum absolute atomic E-state index is 0. The third kappa shape index (κ3) is 3.20. The SMILES string of the molecule is Cl.N[C@@H](c1ccccn1)C(F)(F)F. The topological polar surface area (TPSA) is 38.9 Å². The van der Waals surface area contributed by atoms with Crippen LogP contribution in [0.2, 0.25) is 0 Å².